The number of carbonyl (C=O) groups is 1. The van der Waals surface area contributed by atoms with E-state index in [1.807, 2.05) is 18.2 Å². The molecule has 32 heavy (non-hydrogen) atoms. The van der Waals surface area contributed by atoms with Gasteiger partial charge in [-0.1, -0.05) is 5.21 Å². The normalized spacial score (nSPS) is 10.7. The lowest BCUT2D eigenvalue weighted by atomic mass is 10.1. The van der Waals surface area contributed by atoms with Gasteiger partial charge in [0.1, 0.15) is 17.3 Å². The van der Waals surface area contributed by atoms with E-state index in [2.05, 4.69) is 25.8 Å². The fourth-order valence-corrected chi connectivity index (χ4v) is 3.11. The lowest BCUT2D eigenvalue weighted by Crippen LogP contribution is -2.12. The van der Waals surface area contributed by atoms with Crippen LogP contribution in [0, 0.1) is 5.82 Å². The standard InChI is InChI=1S/C22H21FN6O3/c1-31-18-9-14(10-19(12-18)32-2)3-6-16-11-21(27-25-16)24-22(30)20-13-29(28-26-20)17-7-4-15(23)5-8-17/h4-5,7-13H,3,6H2,1-2H3,(H2,24,25,27,30). The number of methoxy groups -OCH3 is 2. The molecule has 2 aromatic heterocycles. The molecule has 0 aliphatic carbocycles. The SMILES string of the molecule is COc1cc(CCc2cc(NC(=O)c3cn(-c4ccc(F)cc4)nn3)n[nH]2)cc(OC)c1. The summed E-state index contributed by atoms with van der Waals surface area (Å²) in [5.74, 6) is 1.03. The molecular weight excluding hydrogens is 415 g/mol. The second-order valence-corrected chi connectivity index (χ2v) is 6.98. The number of aromatic amines is 1. The van der Waals surface area contributed by atoms with Crippen molar-refractivity contribution in [2.75, 3.05) is 19.5 Å². The van der Waals surface area contributed by atoms with Gasteiger partial charge in [-0.2, -0.15) is 5.10 Å². The van der Waals surface area contributed by atoms with Crippen LogP contribution >= 0.6 is 0 Å². The number of halogens is 1. The van der Waals surface area contributed by atoms with Gasteiger partial charge in [0.2, 0.25) is 0 Å². The predicted octanol–water partition coefficient (Wildman–Crippen LogP) is 3.18. The number of benzene rings is 2. The van der Waals surface area contributed by atoms with Crippen LogP contribution in [-0.4, -0.2) is 45.3 Å². The smallest absolute Gasteiger partial charge is 0.279 e. The van der Waals surface area contributed by atoms with Crippen LogP contribution in [0.5, 0.6) is 11.5 Å². The number of nitrogens with one attached hydrogen (secondary N) is 2. The van der Waals surface area contributed by atoms with Crippen LogP contribution in [0.2, 0.25) is 0 Å². The maximum Gasteiger partial charge on any atom is 0.279 e. The number of amides is 1. The largest absolute Gasteiger partial charge is 0.497 e. The molecule has 0 bridgehead atoms. The van der Waals surface area contributed by atoms with Crippen LogP contribution in [0.25, 0.3) is 5.69 Å². The van der Waals surface area contributed by atoms with Crippen molar-refractivity contribution in [3.63, 3.8) is 0 Å². The summed E-state index contributed by atoms with van der Waals surface area (Å²) in [6.45, 7) is 0. The number of nitrogens with zero attached hydrogens (tertiary/aromatic N) is 4. The van der Waals surface area contributed by atoms with Crippen LogP contribution in [0.1, 0.15) is 21.7 Å². The van der Waals surface area contributed by atoms with E-state index in [4.69, 9.17) is 9.47 Å². The van der Waals surface area contributed by atoms with Crippen LogP contribution < -0.4 is 14.8 Å². The number of hydrogen-bond acceptors (Lipinski definition) is 6. The molecule has 4 rings (SSSR count). The van der Waals surface area contributed by atoms with Crippen LogP contribution in [-0.2, 0) is 12.8 Å². The highest BCUT2D eigenvalue weighted by atomic mass is 19.1. The first-order valence-corrected chi connectivity index (χ1v) is 9.80. The summed E-state index contributed by atoms with van der Waals surface area (Å²) in [7, 11) is 3.22. The molecule has 10 heteroatoms. The summed E-state index contributed by atoms with van der Waals surface area (Å²) in [5.41, 5.74) is 2.62. The van der Waals surface area contributed by atoms with Crippen molar-refractivity contribution in [3.05, 3.63) is 77.5 Å². The Balaban J connectivity index is 1.37. The van der Waals surface area contributed by atoms with E-state index in [1.165, 1.54) is 23.0 Å². The molecule has 2 aromatic carbocycles. The number of aryl methyl sites for hydroxylation is 2. The van der Waals surface area contributed by atoms with E-state index in [9.17, 15) is 9.18 Å². The lowest BCUT2D eigenvalue weighted by Gasteiger charge is -2.07. The first kappa shape index (κ1) is 21.0. The summed E-state index contributed by atoms with van der Waals surface area (Å²) < 4.78 is 25.1. The van der Waals surface area contributed by atoms with Gasteiger partial charge in [0.05, 0.1) is 26.1 Å². The summed E-state index contributed by atoms with van der Waals surface area (Å²) in [5, 5.41) is 17.5. The van der Waals surface area contributed by atoms with Gasteiger partial charge in [-0.15, -0.1) is 5.10 Å². The zero-order valence-corrected chi connectivity index (χ0v) is 17.5. The minimum absolute atomic E-state index is 0.113. The maximum atomic E-state index is 13.1. The zero-order valence-electron chi connectivity index (χ0n) is 17.5. The number of hydrogen-bond donors (Lipinski definition) is 2. The number of aromatic nitrogens is 5. The number of H-pyrrole nitrogens is 1. The van der Waals surface area contributed by atoms with Gasteiger partial charge < -0.3 is 14.8 Å². The first-order chi connectivity index (χ1) is 15.5. The van der Waals surface area contributed by atoms with Gasteiger partial charge in [-0.25, -0.2) is 9.07 Å². The van der Waals surface area contributed by atoms with Crippen molar-refractivity contribution in [3.8, 4) is 17.2 Å². The van der Waals surface area contributed by atoms with Crippen molar-refractivity contribution < 1.29 is 18.7 Å². The van der Waals surface area contributed by atoms with Crippen molar-refractivity contribution >= 4 is 11.7 Å². The number of carbonyl (C=O) groups excluding carboxylic acids is 1. The molecule has 0 saturated heterocycles. The third-order valence-corrected chi connectivity index (χ3v) is 4.78. The highest BCUT2D eigenvalue weighted by molar-refractivity contribution is 6.02. The molecule has 9 nitrogen and oxygen atoms in total. The van der Waals surface area contributed by atoms with E-state index < -0.39 is 5.91 Å². The second kappa shape index (κ2) is 9.29. The Morgan fingerprint density at radius 3 is 2.47 bits per heavy atom. The molecule has 0 atom stereocenters. The molecule has 0 radical (unpaired) electrons. The van der Waals surface area contributed by atoms with E-state index in [0.717, 1.165) is 29.2 Å². The molecule has 2 heterocycles. The quantitative estimate of drug-likeness (QED) is 0.439. The molecule has 0 aliphatic heterocycles. The van der Waals surface area contributed by atoms with Crippen LogP contribution in [0.15, 0.2) is 54.7 Å². The average Bonchev–Trinajstić information content (AvgIpc) is 3.48. The van der Waals surface area contributed by atoms with Gasteiger partial charge in [0.15, 0.2) is 11.5 Å². The van der Waals surface area contributed by atoms with E-state index >= 15 is 0 Å². The Hall–Kier alpha value is -4.21. The van der Waals surface area contributed by atoms with E-state index in [1.54, 1.807) is 32.4 Å². The zero-order chi connectivity index (χ0) is 22.5. The fourth-order valence-electron chi connectivity index (χ4n) is 3.11. The Labute approximate surface area is 183 Å². The van der Waals surface area contributed by atoms with E-state index in [0.29, 0.717) is 17.9 Å². The van der Waals surface area contributed by atoms with Crippen molar-refractivity contribution in [1.82, 2.24) is 25.2 Å². The Morgan fingerprint density at radius 2 is 1.78 bits per heavy atom. The summed E-state index contributed by atoms with van der Waals surface area (Å²) >= 11 is 0. The van der Waals surface area contributed by atoms with Gasteiger partial charge >= 0.3 is 0 Å². The van der Waals surface area contributed by atoms with Gasteiger partial charge in [-0.3, -0.25) is 9.89 Å². The maximum absolute atomic E-state index is 13.1. The molecule has 0 aliphatic rings. The number of anilines is 1. The van der Waals surface area contributed by atoms with Crippen molar-refractivity contribution in [2.45, 2.75) is 12.8 Å². The molecule has 0 fully saturated rings. The Morgan fingerprint density at radius 1 is 1.06 bits per heavy atom. The van der Waals surface area contributed by atoms with Gasteiger partial charge in [0.25, 0.3) is 5.91 Å². The van der Waals surface area contributed by atoms with Crippen molar-refractivity contribution in [2.24, 2.45) is 0 Å². The summed E-state index contributed by atoms with van der Waals surface area (Å²) in [4.78, 5) is 12.5. The minimum atomic E-state index is -0.450. The number of ether oxygens (including phenoxy) is 2. The molecule has 1 amide bonds. The van der Waals surface area contributed by atoms with E-state index in [-0.39, 0.29) is 11.5 Å². The Kier molecular flexibility index (Phi) is 6.11. The van der Waals surface area contributed by atoms with Gasteiger partial charge in [0, 0.05) is 17.8 Å². The van der Waals surface area contributed by atoms with Gasteiger partial charge in [-0.05, 0) is 54.8 Å². The second-order valence-electron chi connectivity index (χ2n) is 6.98. The molecule has 0 saturated carbocycles. The molecule has 2 N–H and O–H groups in total. The molecule has 4 aromatic rings. The Bertz CT molecular complexity index is 1200. The molecule has 0 spiro atoms. The van der Waals surface area contributed by atoms with Crippen LogP contribution in [0.3, 0.4) is 0 Å². The predicted molar refractivity (Wildman–Crippen MR) is 115 cm³/mol. The third-order valence-electron chi connectivity index (χ3n) is 4.78. The third kappa shape index (κ3) is 4.91. The molecular formula is C22H21FN6O3. The minimum Gasteiger partial charge on any atom is -0.497 e. The number of rotatable bonds is 8. The van der Waals surface area contributed by atoms with Crippen molar-refractivity contribution in [1.29, 1.82) is 0 Å². The lowest BCUT2D eigenvalue weighted by molar-refractivity contribution is 0.102. The topological polar surface area (TPSA) is 107 Å². The summed E-state index contributed by atoms with van der Waals surface area (Å²) in [6.07, 6.45) is 2.88. The highest BCUT2D eigenvalue weighted by Crippen LogP contribution is 2.23. The average molecular weight is 436 g/mol. The molecule has 0 unspecified atom stereocenters. The fraction of sp³-hybridized carbons (Fsp3) is 0.182. The summed E-state index contributed by atoms with van der Waals surface area (Å²) in [6, 6.07) is 13.2. The monoisotopic (exact) mass is 436 g/mol. The molecule has 164 valence electrons. The first-order valence-electron chi connectivity index (χ1n) is 9.80. The highest BCUT2D eigenvalue weighted by Gasteiger charge is 2.14. The van der Waals surface area contributed by atoms with Crippen LogP contribution in [0.4, 0.5) is 10.2 Å².